The number of nitrogens with zero attached hydrogens (tertiary/aromatic N) is 2. The molecule has 0 aliphatic carbocycles. The molecule has 0 bridgehead atoms. The second-order valence-corrected chi connectivity index (χ2v) is 4.34. The van der Waals surface area contributed by atoms with E-state index >= 15 is 0 Å². The van der Waals surface area contributed by atoms with Crippen molar-refractivity contribution in [3.8, 4) is 0 Å². The van der Waals surface area contributed by atoms with E-state index in [0.29, 0.717) is 0 Å². The normalized spacial score (nSPS) is 20.9. The zero-order chi connectivity index (χ0) is 10.7. The highest BCUT2D eigenvalue weighted by Crippen LogP contribution is 2.27. The molecule has 2 N–H and O–H groups in total. The van der Waals surface area contributed by atoms with Crippen molar-refractivity contribution in [3.63, 3.8) is 0 Å². The van der Waals surface area contributed by atoms with Gasteiger partial charge in [-0.15, -0.1) is 0 Å². The number of aromatic nitrogens is 1. The van der Waals surface area contributed by atoms with Crippen LogP contribution in [0.5, 0.6) is 0 Å². The fourth-order valence-corrected chi connectivity index (χ4v) is 2.34. The third kappa shape index (κ3) is 2.29. The Balaban J connectivity index is 2.04. The summed E-state index contributed by atoms with van der Waals surface area (Å²) < 4.78 is 0. The predicted molar refractivity (Wildman–Crippen MR) is 63.0 cm³/mol. The van der Waals surface area contributed by atoms with Gasteiger partial charge in [-0.2, -0.15) is 0 Å². The van der Waals surface area contributed by atoms with E-state index in [9.17, 15) is 0 Å². The van der Waals surface area contributed by atoms with E-state index in [1.807, 2.05) is 12.4 Å². The smallest absolute Gasteiger partial charge is 0.0426 e. The first kappa shape index (κ1) is 10.4. The number of anilines is 1. The van der Waals surface area contributed by atoms with Crippen LogP contribution in [0.3, 0.4) is 0 Å². The number of aryl methyl sites for hydroxylation is 1. The third-order valence-corrected chi connectivity index (χ3v) is 3.19. The van der Waals surface area contributed by atoms with Gasteiger partial charge in [0, 0.05) is 31.2 Å². The van der Waals surface area contributed by atoms with Gasteiger partial charge in [-0.3, -0.25) is 4.98 Å². The van der Waals surface area contributed by atoms with Crippen LogP contribution >= 0.6 is 0 Å². The Labute approximate surface area is 91.3 Å². The molecular formula is C12H19N3. The van der Waals surface area contributed by atoms with Crippen LogP contribution in [0.25, 0.3) is 0 Å². The number of hydrogen-bond donors (Lipinski definition) is 1. The molecule has 0 radical (unpaired) electrons. The molecule has 1 aliphatic heterocycles. The van der Waals surface area contributed by atoms with Gasteiger partial charge in [0.05, 0.1) is 0 Å². The molecular weight excluding hydrogens is 186 g/mol. The summed E-state index contributed by atoms with van der Waals surface area (Å²) in [6.45, 7) is 5.25. The van der Waals surface area contributed by atoms with Gasteiger partial charge in [0.25, 0.3) is 0 Å². The van der Waals surface area contributed by atoms with Gasteiger partial charge >= 0.3 is 0 Å². The number of pyridine rings is 1. The van der Waals surface area contributed by atoms with Crippen LogP contribution in [0, 0.1) is 12.8 Å². The van der Waals surface area contributed by atoms with Crippen LogP contribution in [0.2, 0.25) is 0 Å². The SMILES string of the molecule is Cc1cnccc1N1CCC(CCN)C1. The average molecular weight is 205 g/mol. The van der Waals surface area contributed by atoms with Crippen molar-refractivity contribution in [1.82, 2.24) is 4.98 Å². The van der Waals surface area contributed by atoms with Gasteiger partial charge in [0.15, 0.2) is 0 Å². The highest BCUT2D eigenvalue weighted by molar-refractivity contribution is 5.52. The summed E-state index contributed by atoms with van der Waals surface area (Å²) in [6.07, 6.45) is 6.24. The van der Waals surface area contributed by atoms with Gasteiger partial charge in [-0.1, -0.05) is 0 Å². The van der Waals surface area contributed by atoms with Crippen molar-refractivity contribution >= 4 is 5.69 Å². The summed E-state index contributed by atoms with van der Waals surface area (Å²) >= 11 is 0. The Morgan fingerprint density at radius 3 is 3.20 bits per heavy atom. The molecule has 1 fully saturated rings. The number of rotatable bonds is 3. The van der Waals surface area contributed by atoms with E-state index in [1.165, 1.54) is 17.7 Å². The van der Waals surface area contributed by atoms with Crippen LogP contribution in [-0.4, -0.2) is 24.6 Å². The molecule has 15 heavy (non-hydrogen) atoms. The van der Waals surface area contributed by atoms with Crippen LogP contribution in [0.1, 0.15) is 18.4 Å². The van der Waals surface area contributed by atoms with E-state index in [1.54, 1.807) is 0 Å². The van der Waals surface area contributed by atoms with Gasteiger partial charge in [0.1, 0.15) is 0 Å². The van der Waals surface area contributed by atoms with Crippen molar-refractivity contribution in [2.75, 3.05) is 24.5 Å². The van der Waals surface area contributed by atoms with Crippen LogP contribution in [0.4, 0.5) is 5.69 Å². The summed E-state index contributed by atoms with van der Waals surface area (Å²) in [7, 11) is 0. The lowest BCUT2D eigenvalue weighted by Crippen LogP contribution is -2.21. The van der Waals surface area contributed by atoms with Crippen LogP contribution in [-0.2, 0) is 0 Å². The number of hydrogen-bond acceptors (Lipinski definition) is 3. The number of nitrogens with two attached hydrogens (primary N) is 1. The first-order valence-corrected chi connectivity index (χ1v) is 5.67. The van der Waals surface area contributed by atoms with Gasteiger partial charge in [-0.25, -0.2) is 0 Å². The lowest BCUT2D eigenvalue weighted by Gasteiger charge is -2.20. The summed E-state index contributed by atoms with van der Waals surface area (Å²) in [5, 5.41) is 0. The molecule has 1 unspecified atom stereocenters. The van der Waals surface area contributed by atoms with Crippen molar-refractivity contribution in [3.05, 3.63) is 24.0 Å². The third-order valence-electron chi connectivity index (χ3n) is 3.19. The lowest BCUT2D eigenvalue weighted by molar-refractivity contribution is 0.546. The summed E-state index contributed by atoms with van der Waals surface area (Å²) in [6, 6.07) is 2.11. The Morgan fingerprint density at radius 2 is 2.47 bits per heavy atom. The van der Waals surface area contributed by atoms with Gasteiger partial charge in [-0.05, 0) is 43.9 Å². The average Bonchev–Trinajstić information content (AvgIpc) is 2.68. The molecule has 1 aromatic heterocycles. The zero-order valence-electron chi connectivity index (χ0n) is 9.32. The molecule has 1 atom stereocenters. The van der Waals surface area contributed by atoms with E-state index in [-0.39, 0.29) is 0 Å². The standard InChI is InChI=1S/C12H19N3/c1-10-8-14-6-3-12(10)15-7-4-11(9-15)2-5-13/h3,6,8,11H,2,4-5,7,9,13H2,1H3. The second-order valence-electron chi connectivity index (χ2n) is 4.34. The summed E-state index contributed by atoms with van der Waals surface area (Å²) in [5.41, 5.74) is 8.20. The quantitative estimate of drug-likeness (QED) is 0.814. The van der Waals surface area contributed by atoms with Crippen molar-refractivity contribution in [2.24, 2.45) is 11.7 Å². The highest BCUT2D eigenvalue weighted by Gasteiger charge is 2.22. The van der Waals surface area contributed by atoms with E-state index in [0.717, 1.165) is 32.0 Å². The predicted octanol–water partition coefficient (Wildman–Crippen LogP) is 1.57. The molecule has 0 amide bonds. The molecule has 0 spiro atoms. The van der Waals surface area contributed by atoms with Crippen LogP contribution < -0.4 is 10.6 Å². The molecule has 3 heteroatoms. The van der Waals surface area contributed by atoms with E-state index in [2.05, 4.69) is 22.9 Å². The van der Waals surface area contributed by atoms with Gasteiger partial charge in [0.2, 0.25) is 0 Å². The maximum atomic E-state index is 5.59. The Morgan fingerprint density at radius 1 is 1.60 bits per heavy atom. The molecule has 3 nitrogen and oxygen atoms in total. The Bertz CT molecular complexity index is 324. The maximum absolute atomic E-state index is 5.59. The van der Waals surface area contributed by atoms with E-state index in [4.69, 9.17) is 5.73 Å². The van der Waals surface area contributed by atoms with Crippen molar-refractivity contribution < 1.29 is 0 Å². The molecule has 0 saturated carbocycles. The molecule has 1 aromatic rings. The van der Waals surface area contributed by atoms with Crippen molar-refractivity contribution in [2.45, 2.75) is 19.8 Å². The van der Waals surface area contributed by atoms with Gasteiger partial charge < -0.3 is 10.6 Å². The molecule has 2 heterocycles. The van der Waals surface area contributed by atoms with Crippen molar-refractivity contribution in [1.29, 1.82) is 0 Å². The molecule has 82 valence electrons. The fraction of sp³-hybridized carbons (Fsp3) is 0.583. The second kappa shape index (κ2) is 4.62. The molecule has 1 saturated heterocycles. The minimum atomic E-state index is 0.780. The lowest BCUT2D eigenvalue weighted by atomic mass is 10.1. The fourth-order valence-electron chi connectivity index (χ4n) is 2.34. The minimum Gasteiger partial charge on any atom is -0.371 e. The highest BCUT2D eigenvalue weighted by atomic mass is 15.2. The largest absolute Gasteiger partial charge is 0.371 e. The maximum Gasteiger partial charge on any atom is 0.0426 e. The Kier molecular flexibility index (Phi) is 3.21. The minimum absolute atomic E-state index is 0.780. The Hall–Kier alpha value is -1.09. The van der Waals surface area contributed by atoms with Crippen LogP contribution in [0.15, 0.2) is 18.5 Å². The summed E-state index contributed by atoms with van der Waals surface area (Å²) in [4.78, 5) is 6.58. The molecule has 1 aliphatic rings. The monoisotopic (exact) mass is 205 g/mol. The topological polar surface area (TPSA) is 42.2 Å². The first-order chi connectivity index (χ1) is 7.31. The zero-order valence-corrected chi connectivity index (χ0v) is 9.32. The first-order valence-electron chi connectivity index (χ1n) is 5.67. The molecule has 2 rings (SSSR count). The summed E-state index contributed by atoms with van der Waals surface area (Å²) in [5.74, 6) is 0.780. The van der Waals surface area contributed by atoms with E-state index < -0.39 is 0 Å². The molecule has 0 aromatic carbocycles.